The Kier molecular flexibility index (Phi) is 8.29. The fourth-order valence-corrected chi connectivity index (χ4v) is 2.70. The van der Waals surface area contributed by atoms with Crippen molar-refractivity contribution in [1.82, 2.24) is 4.90 Å². The van der Waals surface area contributed by atoms with Crippen LogP contribution in [0.15, 0.2) is 57.5 Å². The van der Waals surface area contributed by atoms with Gasteiger partial charge in [-0.2, -0.15) is 0 Å². The first-order valence-corrected chi connectivity index (χ1v) is 9.26. The summed E-state index contributed by atoms with van der Waals surface area (Å²) in [6.07, 6.45) is 10.2. The zero-order valence-corrected chi connectivity index (χ0v) is 16.4. The normalized spacial score (nSPS) is 23.3. The summed E-state index contributed by atoms with van der Waals surface area (Å²) in [6.45, 7) is 5.65. The molecule has 148 valence electrons. The molecule has 2 aliphatic rings. The topological polar surface area (TPSA) is 92.7 Å². The molecule has 7 heteroatoms. The lowest BCUT2D eigenvalue weighted by Gasteiger charge is -2.23. The molecule has 1 atom stereocenters. The standard InChI is InChI=1S/C20H30N4O3/c1-4-26-14-20(22-3)24-11-9-16(25)13-27-18-8-6-5-7-17(15(18)2)23-19(21)10-12-24/h6-8,10,12,16,25H,4-5,9,11,13-14H2,1-3H3,(H2,21,23)/b12-10+,22-20?. The van der Waals surface area contributed by atoms with Crippen LogP contribution >= 0.6 is 0 Å². The van der Waals surface area contributed by atoms with E-state index in [1.807, 2.05) is 43.2 Å². The lowest BCUT2D eigenvalue weighted by molar-refractivity contribution is 0.0662. The van der Waals surface area contributed by atoms with Gasteiger partial charge in [0.25, 0.3) is 0 Å². The second-order valence-corrected chi connectivity index (χ2v) is 6.29. The van der Waals surface area contributed by atoms with Crippen LogP contribution in [0.4, 0.5) is 0 Å². The van der Waals surface area contributed by atoms with Crippen molar-refractivity contribution in [2.75, 3.05) is 33.4 Å². The molecule has 0 saturated heterocycles. The summed E-state index contributed by atoms with van der Waals surface area (Å²) in [4.78, 5) is 10.8. The molecule has 1 aliphatic carbocycles. The van der Waals surface area contributed by atoms with E-state index < -0.39 is 6.10 Å². The van der Waals surface area contributed by atoms with Crippen molar-refractivity contribution in [3.63, 3.8) is 0 Å². The second kappa shape index (κ2) is 10.7. The highest BCUT2D eigenvalue weighted by atomic mass is 16.5. The van der Waals surface area contributed by atoms with E-state index in [0.29, 0.717) is 37.8 Å². The van der Waals surface area contributed by atoms with Crippen LogP contribution in [0.25, 0.3) is 0 Å². The molecule has 0 saturated carbocycles. The molecule has 7 nitrogen and oxygen atoms in total. The molecule has 0 fully saturated rings. The van der Waals surface area contributed by atoms with Gasteiger partial charge in [0.15, 0.2) is 0 Å². The van der Waals surface area contributed by atoms with E-state index in [1.165, 1.54) is 0 Å². The number of fused-ring (bicyclic) bond motifs is 1. The maximum Gasteiger partial charge on any atom is 0.129 e. The van der Waals surface area contributed by atoms with Crippen molar-refractivity contribution in [3.05, 3.63) is 47.5 Å². The lowest BCUT2D eigenvalue weighted by Crippen LogP contribution is -2.33. The van der Waals surface area contributed by atoms with E-state index in [2.05, 4.69) is 9.98 Å². The Labute approximate surface area is 161 Å². The maximum atomic E-state index is 10.4. The van der Waals surface area contributed by atoms with Crippen molar-refractivity contribution in [2.24, 2.45) is 15.7 Å². The summed E-state index contributed by atoms with van der Waals surface area (Å²) in [5.74, 6) is 1.86. The first kappa shape index (κ1) is 20.9. The highest BCUT2D eigenvalue weighted by Crippen LogP contribution is 2.22. The minimum Gasteiger partial charge on any atom is -0.491 e. The predicted molar refractivity (Wildman–Crippen MR) is 108 cm³/mol. The van der Waals surface area contributed by atoms with Crippen molar-refractivity contribution in [3.8, 4) is 0 Å². The van der Waals surface area contributed by atoms with E-state index in [0.717, 1.165) is 23.5 Å². The number of aliphatic hydroxyl groups excluding tert-OH is 1. The third-order valence-electron chi connectivity index (χ3n) is 4.30. The summed E-state index contributed by atoms with van der Waals surface area (Å²) in [6, 6.07) is 0. The Morgan fingerprint density at radius 2 is 2.30 bits per heavy atom. The Balaban J connectivity index is 2.33. The van der Waals surface area contributed by atoms with Crippen molar-refractivity contribution in [1.29, 1.82) is 0 Å². The maximum absolute atomic E-state index is 10.4. The van der Waals surface area contributed by atoms with Gasteiger partial charge in [0.1, 0.15) is 30.6 Å². The zero-order chi connectivity index (χ0) is 19.6. The molecule has 0 spiro atoms. The lowest BCUT2D eigenvalue weighted by atomic mass is 10.2. The van der Waals surface area contributed by atoms with Crippen LogP contribution in [-0.4, -0.2) is 61.2 Å². The van der Waals surface area contributed by atoms with Gasteiger partial charge in [-0.3, -0.25) is 4.99 Å². The Hall–Kier alpha value is -2.38. The third-order valence-corrected chi connectivity index (χ3v) is 4.30. The summed E-state index contributed by atoms with van der Waals surface area (Å²) in [5.41, 5.74) is 7.80. The number of hydrogen-bond acceptors (Lipinski definition) is 6. The van der Waals surface area contributed by atoms with Crippen LogP contribution in [0.5, 0.6) is 0 Å². The fourth-order valence-electron chi connectivity index (χ4n) is 2.70. The summed E-state index contributed by atoms with van der Waals surface area (Å²) in [5, 5.41) is 10.4. The van der Waals surface area contributed by atoms with Gasteiger partial charge < -0.3 is 25.2 Å². The molecule has 0 aromatic heterocycles. The van der Waals surface area contributed by atoms with Crippen LogP contribution in [0.1, 0.15) is 26.7 Å². The molecule has 2 bridgehead atoms. The first-order chi connectivity index (χ1) is 13.0. The molecule has 1 heterocycles. The van der Waals surface area contributed by atoms with Crippen molar-refractivity contribution >= 4 is 11.7 Å². The molecule has 1 aliphatic heterocycles. The minimum atomic E-state index is -0.602. The van der Waals surface area contributed by atoms with Crippen LogP contribution in [0.2, 0.25) is 0 Å². The van der Waals surface area contributed by atoms with Crippen LogP contribution in [0, 0.1) is 0 Å². The first-order valence-electron chi connectivity index (χ1n) is 9.26. The summed E-state index contributed by atoms with van der Waals surface area (Å²) >= 11 is 0. The molecular formula is C20H30N4O3. The fraction of sp³-hybridized carbons (Fsp3) is 0.500. The van der Waals surface area contributed by atoms with Gasteiger partial charge in [0.05, 0.1) is 11.8 Å². The van der Waals surface area contributed by atoms with Gasteiger partial charge in [0, 0.05) is 32.0 Å². The Morgan fingerprint density at radius 1 is 1.48 bits per heavy atom. The van der Waals surface area contributed by atoms with E-state index in [1.54, 1.807) is 13.1 Å². The number of aliphatic hydroxyl groups is 1. The SMILES string of the molecule is CCOCC(=NC)N1/C=C/C(N)=NC2=CCC=CC(=C2C)OCC(O)CC1. The predicted octanol–water partition coefficient (Wildman–Crippen LogP) is 2.12. The molecule has 0 aromatic carbocycles. The quantitative estimate of drug-likeness (QED) is 0.583. The van der Waals surface area contributed by atoms with Crippen molar-refractivity contribution in [2.45, 2.75) is 32.8 Å². The second-order valence-electron chi connectivity index (χ2n) is 6.29. The number of nitrogens with zero attached hydrogens (tertiary/aromatic N) is 3. The number of allylic oxidation sites excluding steroid dienone is 4. The average Bonchev–Trinajstić information content (AvgIpc) is 2.82. The molecule has 27 heavy (non-hydrogen) atoms. The largest absolute Gasteiger partial charge is 0.491 e. The van der Waals surface area contributed by atoms with Gasteiger partial charge >= 0.3 is 0 Å². The molecular weight excluding hydrogens is 344 g/mol. The van der Waals surface area contributed by atoms with E-state index in [-0.39, 0.29) is 6.61 Å². The zero-order valence-electron chi connectivity index (χ0n) is 16.4. The van der Waals surface area contributed by atoms with E-state index in [4.69, 9.17) is 15.2 Å². The van der Waals surface area contributed by atoms with Crippen molar-refractivity contribution < 1.29 is 14.6 Å². The number of ether oxygens (including phenoxy) is 2. The molecule has 1 unspecified atom stereocenters. The van der Waals surface area contributed by atoms with Crippen LogP contribution in [-0.2, 0) is 9.47 Å². The van der Waals surface area contributed by atoms with E-state index >= 15 is 0 Å². The molecule has 0 radical (unpaired) electrons. The number of aliphatic imine (C=N–C) groups is 2. The monoisotopic (exact) mass is 374 g/mol. The van der Waals surface area contributed by atoms with Gasteiger partial charge in [-0.25, -0.2) is 4.99 Å². The highest BCUT2D eigenvalue weighted by Gasteiger charge is 2.15. The number of amidine groups is 2. The van der Waals surface area contributed by atoms with Gasteiger partial charge in [-0.1, -0.05) is 12.2 Å². The van der Waals surface area contributed by atoms with Gasteiger partial charge in [0.2, 0.25) is 0 Å². The minimum absolute atomic E-state index is 0.213. The molecule has 3 N–H and O–H groups in total. The molecule has 2 rings (SSSR count). The Morgan fingerprint density at radius 3 is 3.04 bits per heavy atom. The Bertz CT molecular complexity index is 689. The third kappa shape index (κ3) is 6.37. The summed E-state index contributed by atoms with van der Waals surface area (Å²) < 4.78 is 11.3. The van der Waals surface area contributed by atoms with E-state index in [9.17, 15) is 5.11 Å². The number of hydrogen-bond donors (Lipinski definition) is 2. The smallest absolute Gasteiger partial charge is 0.129 e. The highest BCUT2D eigenvalue weighted by molar-refractivity contribution is 5.93. The average molecular weight is 374 g/mol. The van der Waals surface area contributed by atoms with Gasteiger partial charge in [-0.15, -0.1) is 0 Å². The molecule has 0 aromatic rings. The number of rotatable bonds is 3. The number of nitrogens with two attached hydrogens (primary N) is 1. The molecule has 0 amide bonds. The van der Waals surface area contributed by atoms with Crippen LogP contribution < -0.4 is 5.73 Å². The van der Waals surface area contributed by atoms with Crippen LogP contribution in [0.3, 0.4) is 0 Å². The van der Waals surface area contributed by atoms with Gasteiger partial charge in [-0.05, 0) is 38.8 Å². The summed E-state index contributed by atoms with van der Waals surface area (Å²) in [7, 11) is 1.72.